The van der Waals surface area contributed by atoms with Crippen LogP contribution >= 0.6 is 0 Å². The van der Waals surface area contributed by atoms with Crippen LogP contribution in [0.2, 0.25) is 0 Å². The molecule has 1 amide bonds. The molecule has 0 unspecified atom stereocenters. The number of carbonyl (C=O) groups is 1. The minimum Gasteiger partial charge on any atom is -0.339 e. The van der Waals surface area contributed by atoms with E-state index in [1.807, 2.05) is 28.6 Å². The summed E-state index contributed by atoms with van der Waals surface area (Å²) in [5.41, 5.74) is 3.85. The summed E-state index contributed by atoms with van der Waals surface area (Å²) in [6, 6.07) is 8.20. The SMILES string of the molecule is Cc1ccc(-n2ncc(C(=O)N3CCCCCC3)c2C)cc1. The van der Waals surface area contributed by atoms with Gasteiger partial charge >= 0.3 is 0 Å². The molecule has 0 aliphatic carbocycles. The minimum absolute atomic E-state index is 0.123. The van der Waals surface area contributed by atoms with Crippen LogP contribution in [-0.2, 0) is 0 Å². The molecule has 1 fully saturated rings. The fourth-order valence-electron chi connectivity index (χ4n) is 3.01. The molecule has 1 aromatic carbocycles. The molecule has 0 bridgehead atoms. The number of hydrogen-bond acceptors (Lipinski definition) is 2. The number of hydrogen-bond donors (Lipinski definition) is 0. The first-order valence-electron chi connectivity index (χ1n) is 8.08. The van der Waals surface area contributed by atoms with E-state index < -0.39 is 0 Å². The first-order valence-corrected chi connectivity index (χ1v) is 8.08. The van der Waals surface area contributed by atoms with Crippen molar-refractivity contribution in [3.8, 4) is 5.69 Å². The average Bonchev–Trinajstić information content (AvgIpc) is 2.75. The summed E-state index contributed by atoms with van der Waals surface area (Å²) in [6.45, 7) is 5.77. The maximum atomic E-state index is 12.7. The van der Waals surface area contributed by atoms with Gasteiger partial charge in [-0.25, -0.2) is 4.68 Å². The van der Waals surface area contributed by atoms with Crippen molar-refractivity contribution in [3.63, 3.8) is 0 Å². The Morgan fingerprint density at radius 1 is 1.00 bits per heavy atom. The van der Waals surface area contributed by atoms with Crippen LogP contribution in [0.4, 0.5) is 0 Å². The van der Waals surface area contributed by atoms with Crippen LogP contribution in [0, 0.1) is 13.8 Å². The summed E-state index contributed by atoms with van der Waals surface area (Å²) in [4.78, 5) is 14.7. The lowest BCUT2D eigenvalue weighted by molar-refractivity contribution is 0.0761. The Kier molecular flexibility index (Phi) is 4.27. The molecule has 116 valence electrons. The Morgan fingerprint density at radius 2 is 1.64 bits per heavy atom. The molecule has 0 atom stereocenters. The molecule has 1 aromatic heterocycles. The minimum atomic E-state index is 0.123. The van der Waals surface area contributed by atoms with Gasteiger partial charge in [0, 0.05) is 13.1 Å². The van der Waals surface area contributed by atoms with Crippen LogP contribution in [0.15, 0.2) is 30.5 Å². The van der Waals surface area contributed by atoms with Crippen LogP contribution in [-0.4, -0.2) is 33.7 Å². The number of rotatable bonds is 2. The lowest BCUT2D eigenvalue weighted by Gasteiger charge is -2.20. The molecular weight excluding hydrogens is 274 g/mol. The first-order chi connectivity index (χ1) is 10.7. The van der Waals surface area contributed by atoms with Crippen molar-refractivity contribution in [2.45, 2.75) is 39.5 Å². The van der Waals surface area contributed by atoms with Crippen LogP contribution in [0.3, 0.4) is 0 Å². The Morgan fingerprint density at radius 3 is 2.27 bits per heavy atom. The second-order valence-corrected chi connectivity index (χ2v) is 6.10. The van der Waals surface area contributed by atoms with E-state index in [-0.39, 0.29) is 5.91 Å². The highest BCUT2D eigenvalue weighted by molar-refractivity contribution is 5.95. The molecule has 0 saturated carbocycles. The zero-order valence-corrected chi connectivity index (χ0v) is 13.4. The van der Waals surface area contributed by atoms with E-state index in [9.17, 15) is 4.79 Å². The Balaban J connectivity index is 1.86. The normalized spacial score (nSPS) is 15.6. The number of amides is 1. The van der Waals surface area contributed by atoms with Crippen LogP contribution in [0.25, 0.3) is 5.69 Å². The van der Waals surface area contributed by atoms with Gasteiger partial charge in [-0.1, -0.05) is 30.5 Å². The summed E-state index contributed by atoms with van der Waals surface area (Å²) < 4.78 is 1.85. The number of likely N-dealkylation sites (tertiary alicyclic amines) is 1. The van der Waals surface area contributed by atoms with E-state index in [4.69, 9.17) is 0 Å². The molecule has 3 rings (SSSR count). The lowest BCUT2D eigenvalue weighted by atomic mass is 10.2. The fraction of sp³-hybridized carbons (Fsp3) is 0.444. The van der Waals surface area contributed by atoms with Gasteiger partial charge in [-0.3, -0.25) is 4.79 Å². The van der Waals surface area contributed by atoms with Gasteiger partial charge in [0.05, 0.1) is 23.1 Å². The Bertz CT molecular complexity index is 649. The quantitative estimate of drug-likeness (QED) is 0.851. The summed E-state index contributed by atoms with van der Waals surface area (Å²) in [5, 5.41) is 4.42. The summed E-state index contributed by atoms with van der Waals surface area (Å²) in [7, 11) is 0. The van der Waals surface area contributed by atoms with Gasteiger partial charge in [-0.2, -0.15) is 5.10 Å². The van der Waals surface area contributed by atoms with Crippen molar-refractivity contribution < 1.29 is 4.79 Å². The highest BCUT2D eigenvalue weighted by Crippen LogP contribution is 2.18. The standard InChI is InChI=1S/C18H23N3O/c1-14-7-9-16(10-8-14)21-15(2)17(13-19-21)18(22)20-11-5-3-4-6-12-20/h7-10,13H,3-6,11-12H2,1-2H3. The molecule has 2 heterocycles. The summed E-state index contributed by atoms with van der Waals surface area (Å²) in [6.07, 6.45) is 6.38. The summed E-state index contributed by atoms with van der Waals surface area (Å²) >= 11 is 0. The monoisotopic (exact) mass is 297 g/mol. The van der Waals surface area contributed by atoms with E-state index >= 15 is 0 Å². The van der Waals surface area contributed by atoms with Crippen molar-refractivity contribution in [3.05, 3.63) is 47.3 Å². The number of aryl methyl sites for hydroxylation is 1. The molecule has 1 saturated heterocycles. The molecule has 1 aliphatic heterocycles. The lowest BCUT2D eigenvalue weighted by Crippen LogP contribution is -2.32. The van der Waals surface area contributed by atoms with Gasteiger partial charge < -0.3 is 4.90 Å². The molecule has 0 spiro atoms. The molecule has 0 N–H and O–H groups in total. The predicted octanol–water partition coefficient (Wildman–Crippen LogP) is 3.51. The molecular formula is C18H23N3O. The third-order valence-corrected chi connectivity index (χ3v) is 4.41. The van der Waals surface area contributed by atoms with Crippen molar-refractivity contribution in [1.82, 2.24) is 14.7 Å². The maximum absolute atomic E-state index is 12.7. The average molecular weight is 297 g/mol. The largest absolute Gasteiger partial charge is 0.339 e. The first kappa shape index (κ1) is 14.8. The molecule has 2 aromatic rings. The number of nitrogens with zero attached hydrogens (tertiary/aromatic N) is 3. The van der Waals surface area contributed by atoms with E-state index in [2.05, 4.69) is 24.2 Å². The van der Waals surface area contributed by atoms with E-state index in [1.165, 1.54) is 18.4 Å². The molecule has 4 heteroatoms. The van der Waals surface area contributed by atoms with Crippen molar-refractivity contribution in [1.29, 1.82) is 0 Å². The van der Waals surface area contributed by atoms with Gasteiger partial charge in [0.2, 0.25) is 0 Å². The van der Waals surface area contributed by atoms with Crippen LogP contribution in [0.5, 0.6) is 0 Å². The maximum Gasteiger partial charge on any atom is 0.257 e. The van der Waals surface area contributed by atoms with Gasteiger partial charge in [-0.05, 0) is 38.8 Å². The third-order valence-electron chi connectivity index (χ3n) is 4.41. The summed E-state index contributed by atoms with van der Waals surface area (Å²) in [5.74, 6) is 0.123. The number of benzene rings is 1. The molecule has 22 heavy (non-hydrogen) atoms. The van der Waals surface area contributed by atoms with Gasteiger partial charge in [-0.15, -0.1) is 0 Å². The number of carbonyl (C=O) groups excluding carboxylic acids is 1. The van der Waals surface area contributed by atoms with Crippen molar-refractivity contribution in [2.75, 3.05) is 13.1 Å². The second kappa shape index (κ2) is 6.34. The van der Waals surface area contributed by atoms with E-state index in [0.717, 1.165) is 42.9 Å². The zero-order valence-electron chi connectivity index (χ0n) is 13.4. The van der Waals surface area contributed by atoms with Gasteiger partial charge in [0.1, 0.15) is 0 Å². The smallest absolute Gasteiger partial charge is 0.257 e. The molecule has 0 radical (unpaired) electrons. The Labute approximate surface area is 131 Å². The highest BCUT2D eigenvalue weighted by atomic mass is 16.2. The number of aromatic nitrogens is 2. The molecule has 4 nitrogen and oxygen atoms in total. The zero-order chi connectivity index (χ0) is 15.5. The molecule has 1 aliphatic rings. The fourth-order valence-corrected chi connectivity index (χ4v) is 3.01. The van der Waals surface area contributed by atoms with Gasteiger partial charge in [0.15, 0.2) is 0 Å². The predicted molar refractivity (Wildman–Crippen MR) is 87.4 cm³/mol. The highest BCUT2D eigenvalue weighted by Gasteiger charge is 2.21. The van der Waals surface area contributed by atoms with Crippen molar-refractivity contribution >= 4 is 5.91 Å². The van der Waals surface area contributed by atoms with Crippen LogP contribution < -0.4 is 0 Å². The van der Waals surface area contributed by atoms with Gasteiger partial charge in [0.25, 0.3) is 5.91 Å². The third kappa shape index (κ3) is 2.91. The van der Waals surface area contributed by atoms with Crippen LogP contribution in [0.1, 0.15) is 47.3 Å². The topological polar surface area (TPSA) is 38.1 Å². The second-order valence-electron chi connectivity index (χ2n) is 6.10. The van der Waals surface area contributed by atoms with E-state index in [0.29, 0.717) is 0 Å². The Hall–Kier alpha value is -2.10. The van der Waals surface area contributed by atoms with Crippen molar-refractivity contribution in [2.24, 2.45) is 0 Å². The van der Waals surface area contributed by atoms with E-state index in [1.54, 1.807) is 6.20 Å².